The topological polar surface area (TPSA) is 93.2 Å². The molecule has 0 unspecified atom stereocenters. The minimum Gasteiger partial charge on any atom is -0.495 e. The average Bonchev–Trinajstić information content (AvgIpc) is 2.56. The Labute approximate surface area is 146 Å². The lowest BCUT2D eigenvalue weighted by Gasteiger charge is -2.09. The van der Waals surface area contributed by atoms with Crippen LogP contribution in [0.25, 0.3) is 0 Å². The molecular formula is C15H19ClN4O3S. The van der Waals surface area contributed by atoms with Gasteiger partial charge >= 0.3 is 0 Å². The molecule has 0 saturated heterocycles. The summed E-state index contributed by atoms with van der Waals surface area (Å²) < 4.78 is 32.1. The summed E-state index contributed by atoms with van der Waals surface area (Å²) in [5.74, 6) is 1.12. The van der Waals surface area contributed by atoms with Gasteiger partial charge in [0.05, 0.1) is 17.0 Å². The lowest BCUT2D eigenvalue weighted by molar-refractivity contribution is 0.414. The van der Waals surface area contributed by atoms with Crippen LogP contribution >= 0.6 is 11.6 Å². The van der Waals surface area contributed by atoms with Crippen molar-refractivity contribution < 1.29 is 13.2 Å². The SMILES string of the molecule is CCCCNc1ccc(NS(=O)(=O)c2ccc(OC)c(Cl)c2)nn1. The molecule has 7 nitrogen and oxygen atoms in total. The molecule has 24 heavy (non-hydrogen) atoms. The fourth-order valence-corrected chi connectivity index (χ4v) is 3.23. The molecule has 0 aliphatic rings. The highest BCUT2D eigenvalue weighted by Crippen LogP contribution is 2.27. The van der Waals surface area contributed by atoms with Gasteiger partial charge < -0.3 is 10.1 Å². The van der Waals surface area contributed by atoms with Crippen molar-refractivity contribution in [3.05, 3.63) is 35.4 Å². The van der Waals surface area contributed by atoms with Crippen molar-refractivity contribution in [3.8, 4) is 5.75 Å². The second-order valence-electron chi connectivity index (χ2n) is 4.99. The number of halogens is 1. The van der Waals surface area contributed by atoms with Gasteiger partial charge in [0.15, 0.2) is 5.82 Å². The number of nitrogens with zero attached hydrogens (tertiary/aromatic N) is 2. The zero-order valence-electron chi connectivity index (χ0n) is 13.4. The number of rotatable bonds is 8. The van der Waals surface area contributed by atoms with E-state index in [4.69, 9.17) is 16.3 Å². The molecule has 130 valence electrons. The number of nitrogens with one attached hydrogen (secondary N) is 2. The molecule has 0 aliphatic heterocycles. The zero-order chi connectivity index (χ0) is 17.6. The van der Waals surface area contributed by atoms with Crippen LogP contribution in [-0.2, 0) is 10.0 Å². The van der Waals surface area contributed by atoms with Gasteiger partial charge in [-0.1, -0.05) is 24.9 Å². The first kappa shape index (κ1) is 18.3. The van der Waals surface area contributed by atoms with Crippen molar-refractivity contribution in [2.45, 2.75) is 24.7 Å². The predicted octanol–water partition coefficient (Wildman–Crippen LogP) is 3.15. The van der Waals surface area contributed by atoms with Crippen LogP contribution in [0, 0.1) is 0 Å². The van der Waals surface area contributed by atoms with Crippen LogP contribution in [0.5, 0.6) is 5.75 Å². The Morgan fingerprint density at radius 3 is 2.46 bits per heavy atom. The number of ether oxygens (including phenoxy) is 1. The summed E-state index contributed by atoms with van der Waals surface area (Å²) in [5.41, 5.74) is 0. The molecule has 0 atom stereocenters. The average molecular weight is 371 g/mol. The van der Waals surface area contributed by atoms with E-state index in [1.165, 1.54) is 25.3 Å². The standard InChI is InChI=1S/C15H19ClN4O3S/c1-3-4-9-17-14-7-8-15(19-18-14)20-24(21,22)11-5-6-13(23-2)12(16)10-11/h5-8,10H,3-4,9H2,1-2H3,(H,17,18)(H,19,20). The van der Waals surface area contributed by atoms with Gasteiger partial charge in [-0.05, 0) is 36.8 Å². The first-order valence-corrected chi connectivity index (χ1v) is 9.26. The van der Waals surface area contributed by atoms with Gasteiger partial charge in [0.2, 0.25) is 0 Å². The third kappa shape index (κ3) is 4.72. The van der Waals surface area contributed by atoms with Crippen molar-refractivity contribution in [2.75, 3.05) is 23.7 Å². The lowest BCUT2D eigenvalue weighted by atomic mass is 10.3. The minimum atomic E-state index is -3.81. The van der Waals surface area contributed by atoms with E-state index in [2.05, 4.69) is 27.2 Å². The largest absolute Gasteiger partial charge is 0.495 e. The molecule has 1 aromatic carbocycles. The first-order chi connectivity index (χ1) is 11.5. The zero-order valence-corrected chi connectivity index (χ0v) is 15.0. The van der Waals surface area contributed by atoms with E-state index < -0.39 is 10.0 Å². The maximum Gasteiger partial charge on any atom is 0.263 e. The molecule has 0 bridgehead atoms. The summed E-state index contributed by atoms with van der Waals surface area (Å²) in [4.78, 5) is 0.0141. The van der Waals surface area contributed by atoms with E-state index in [0.29, 0.717) is 11.6 Å². The third-order valence-corrected chi connectivity index (χ3v) is 4.82. The van der Waals surface area contributed by atoms with Crippen molar-refractivity contribution in [2.24, 2.45) is 0 Å². The molecule has 9 heteroatoms. The van der Waals surface area contributed by atoms with Crippen molar-refractivity contribution >= 4 is 33.3 Å². The van der Waals surface area contributed by atoms with Crippen LogP contribution in [0.3, 0.4) is 0 Å². The van der Waals surface area contributed by atoms with Crippen LogP contribution in [-0.4, -0.2) is 32.3 Å². The highest BCUT2D eigenvalue weighted by molar-refractivity contribution is 7.92. The van der Waals surface area contributed by atoms with E-state index in [-0.39, 0.29) is 15.7 Å². The molecular weight excluding hydrogens is 352 g/mol. The van der Waals surface area contributed by atoms with Crippen LogP contribution in [0.1, 0.15) is 19.8 Å². The van der Waals surface area contributed by atoms with Gasteiger partial charge in [-0.25, -0.2) is 8.42 Å². The molecule has 0 amide bonds. The van der Waals surface area contributed by atoms with E-state index >= 15 is 0 Å². The fourth-order valence-electron chi connectivity index (χ4n) is 1.89. The van der Waals surface area contributed by atoms with Crippen LogP contribution in [0.15, 0.2) is 35.2 Å². The van der Waals surface area contributed by atoms with Crippen molar-refractivity contribution in [3.63, 3.8) is 0 Å². The number of methoxy groups -OCH3 is 1. The molecule has 1 aromatic heterocycles. The Morgan fingerprint density at radius 1 is 1.17 bits per heavy atom. The number of sulfonamides is 1. The first-order valence-electron chi connectivity index (χ1n) is 7.40. The Hall–Kier alpha value is -2.06. The molecule has 0 fully saturated rings. The number of hydrogen-bond donors (Lipinski definition) is 2. The minimum absolute atomic E-state index is 0.0141. The highest BCUT2D eigenvalue weighted by atomic mass is 35.5. The van der Waals surface area contributed by atoms with Crippen LogP contribution < -0.4 is 14.8 Å². The second-order valence-corrected chi connectivity index (χ2v) is 7.08. The third-order valence-electron chi connectivity index (χ3n) is 3.17. The molecule has 2 N–H and O–H groups in total. The van der Waals surface area contributed by atoms with Crippen LogP contribution in [0.4, 0.5) is 11.6 Å². The summed E-state index contributed by atoms with van der Waals surface area (Å²) in [6, 6.07) is 7.42. The van der Waals surface area contributed by atoms with Crippen LogP contribution in [0.2, 0.25) is 5.02 Å². The summed E-state index contributed by atoms with van der Waals surface area (Å²) in [6.45, 7) is 2.89. The maximum atomic E-state index is 12.4. The van der Waals surface area contributed by atoms with Gasteiger partial charge in [-0.3, -0.25) is 4.72 Å². The molecule has 0 spiro atoms. The molecule has 2 rings (SSSR count). The Balaban J connectivity index is 2.10. The van der Waals surface area contributed by atoms with Crippen molar-refractivity contribution in [1.29, 1.82) is 0 Å². The predicted molar refractivity (Wildman–Crippen MR) is 94.2 cm³/mol. The number of anilines is 2. The number of aromatic nitrogens is 2. The highest BCUT2D eigenvalue weighted by Gasteiger charge is 2.17. The Morgan fingerprint density at radius 2 is 1.88 bits per heavy atom. The molecule has 2 aromatic rings. The normalized spacial score (nSPS) is 11.1. The number of hydrogen-bond acceptors (Lipinski definition) is 6. The second kappa shape index (κ2) is 8.16. The molecule has 0 radical (unpaired) electrons. The van der Waals surface area contributed by atoms with E-state index in [0.717, 1.165) is 19.4 Å². The summed E-state index contributed by atoms with van der Waals surface area (Å²) in [7, 11) is -2.35. The molecule has 0 aliphatic carbocycles. The van der Waals surface area contributed by atoms with E-state index in [9.17, 15) is 8.42 Å². The van der Waals surface area contributed by atoms with Gasteiger partial charge in [-0.15, -0.1) is 10.2 Å². The monoisotopic (exact) mass is 370 g/mol. The van der Waals surface area contributed by atoms with Gasteiger partial charge in [-0.2, -0.15) is 0 Å². The number of benzene rings is 1. The summed E-state index contributed by atoms with van der Waals surface area (Å²) >= 11 is 5.97. The lowest BCUT2D eigenvalue weighted by Crippen LogP contribution is -2.14. The summed E-state index contributed by atoms with van der Waals surface area (Å²) in [5, 5.41) is 11.1. The smallest absolute Gasteiger partial charge is 0.263 e. The number of unbranched alkanes of at least 4 members (excludes halogenated alkanes) is 1. The Kier molecular flexibility index (Phi) is 6.22. The summed E-state index contributed by atoms with van der Waals surface area (Å²) in [6.07, 6.45) is 2.09. The van der Waals surface area contributed by atoms with E-state index in [1.54, 1.807) is 12.1 Å². The molecule has 0 saturated carbocycles. The van der Waals surface area contributed by atoms with E-state index in [1.807, 2.05) is 0 Å². The van der Waals surface area contributed by atoms with Gasteiger partial charge in [0.1, 0.15) is 11.6 Å². The maximum absolute atomic E-state index is 12.4. The van der Waals surface area contributed by atoms with Crippen molar-refractivity contribution in [1.82, 2.24) is 10.2 Å². The molecule has 1 heterocycles. The Bertz CT molecular complexity index is 782. The van der Waals surface area contributed by atoms with Gasteiger partial charge in [0, 0.05) is 6.54 Å². The van der Waals surface area contributed by atoms with Gasteiger partial charge in [0.25, 0.3) is 10.0 Å². The fraction of sp³-hybridized carbons (Fsp3) is 0.333. The quantitative estimate of drug-likeness (QED) is 0.693.